The van der Waals surface area contributed by atoms with Gasteiger partial charge in [-0.05, 0) is 19.2 Å². The zero-order chi connectivity index (χ0) is 14.5. The summed E-state index contributed by atoms with van der Waals surface area (Å²) in [6.07, 6.45) is 0. The van der Waals surface area contributed by atoms with E-state index in [1.807, 2.05) is 13.1 Å². The fourth-order valence-corrected chi connectivity index (χ4v) is 3.15. The number of nitrogens with one attached hydrogen (secondary N) is 2. The molecule has 0 atom stereocenters. The van der Waals surface area contributed by atoms with Gasteiger partial charge >= 0.3 is 0 Å². The van der Waals surface area contributed by atoms with Crippen molar-refractivity contribution in [3.63, 3.8) is 0 Å². The van der Waals surface area contributed by atoms with Crippen LogP contribution in [0.15, 0.2) is 18.2 Å². The predicted octanol–water partition coefficient (Wildman–Crippen LogP) is 2.14. The van der Waals surface area contributed by atoms with E-state index in [2.05, 4.69) is 10.6 Å². The van der Waals surface area contributed by atoms with Gasteiger partial charge < -0.3 is 15.4 Å². The summed E-state index contributed by atoms with van der Waals surface area (Å²) in [5.41, 5.74) is 0.618. The predicted molar refractivity (Wildman–Crippen MR) is 78.8 cm³/mol. The van der Waals surface area contributed by atoms with Crippen molar-refractivity contribution in [2.75, 3.05) is 27.2 Å². The van der Waals surface area contributed by atoms with Crippen LogP contribution < -0.4 is 10.6 Å². The van der Waals surface area contributed by atoms with E-state index in [1.165, 1.54) is 24.5 Å². The Labute approximate surface area is 120 Å². The first-order chi connectivity index (χ1) is 9.69. The number of rotatable bonds is 6. The molecule has 108 valence electrons. The normalized spacial score (nSPS) is 10.9. The van der Waals surface area contributed by atoms with Crippen LogP contribution in [0.25, 0.3) is 10.1 Å². The van der Waals surface area contributed by atoms with E-state index in [0.29, 0.717) is 28.9 Å². The van der Waals surface area contributed by atoms with Crippen LogP contribution in [0.1, 0.15) is 15.2 Å². The highest BCUT2D eigenvalue weighted by molar-refractivity contribution is 7.21. The fraction of sp³-hybridized carbons (Fsp3) is 0.357. The number of carbonyl (C=O) groups excluding carboxylic acids is 1. The maximum atomic E-state index is 14.0. The van der Waals surface area contributed by atoms with Gasteiger partial charge in [-0.15, -0.1) is 11.3 Å². The van der Waals surface area contributed by atoms with E-state index in [-0.39, 0.29) is 18.3 Å². The molecule has 0 saturated heterocycles. The molecule has 1 aromatic heterocycles. The van der Waals surface area contributed by atoms with Gasteiger partial charge in [0.1, 0.15) is 5.82 Å². The summed E-state index contributed by atoms with van der Waals surface area (Å²) in [6.45, 7) is 1.43. The molecule has 2 aromatic rings. The Kier molecular flexibility index (Phi) is 5.05. The number of hydrogen-bond donors (Lipinski definition) is 2. The van der Waals surface area contributed by atoms with Gasteiger partial charge in [-0.3, -0.25) is 4.79 Å². The molecule has 2 N–H and O–H groups in total. The summed E-state index contributed by atoms with van der Waals surface area (Å²) in [7, 11) is 3.35. The van der Waals surface area contributed by atoms with Crippen molar-refractivity contribution < 1.29 is 13.9 Å². The minimum absolute atomic E-state index is 0.187. The molecule has 0 radical (unpaired) electrons. The number of thiophene rings is 1. The molecule has 2 rings (SSSR count). The zero-order valence-electron chi connectivity index (χ0n) is 11.5. The fourth-order valence-electron chi connectivity index (χ4n) is 2.01. The lowest BCUT2D eigenvalue weighted by Gasteiger charge is -2.06. The molecule has 20 heavy (non-hydrogen) atoms. The van der Waals surface area contributed by atoms with Crippen LogP contribution in [0, 0.1) is 5.82 Å². The van der Waals surface area contributed by atoms with Gasteiger partial charge in [-0.25, -0.2) is 4.39 Å². The lowest BCUT2D eigenvalue weighted by Crippen LogP contribution is -2.30. The summed E-state index contributed by atoms with van der Waals surface area (Å²) < 4.78 is 19.8. The standard InChI is InChI=1S/C14H17FN2O2S/c1-16-6-7-17-14(18)13-9(8-19-2)12-10(15)4-3-5-11(12)20-13/h3-5,16H,6-8H2,1-2H3,(H,17,18). The average molecular weight is 296 g/mol. The van der Waals surface area contributed by atoms with Crippen molar-refractivity contribution in [1.82, 2.24) is 10.6 Å². The van der Waals surface area contributed by atoms with E-state index in [0.717, 1.165) is 4.70 Å². The highest BCUT2D eigenvalue weighted by Gasteiger charge is 2.20. The number of carbonyl (C=O) groups is 1. The highest BCUT2D eigenvalue weighted by atomic mass is 32.1. The Morgan fingerprint density at radius 1 is 1.40 bits per heavy atom. The first kappa shape index (κ1) is 14.9. The van der Waals surface area contributed by atoms with Gasteiger partial charge in [0.2, 0.25) is 0 Å². The Hall–Kier alpha value is -1.50. The summed E-state index contributed by atoms with van der Waals surface area (Å²) in [5, 5.41) is 6.25. The molecule has 0 saturated carbocycles. The van der Waals surface area contributed by atoms with Gasteiger partial charge in [0.05, 0.1) is 11.5 Å². The number of hydrogen-bond acceptors (Lipinski definition) is 4. The molecule has 1 aromatic carbocycles. The molecule has 4 nitrogen and oxygen atoms in total. The highest BCUT2D eigenvalue weighted by Crippen LogP contribution is 2.33. The molecule has 0 bridgehead atoms. The van der Waals surface area contributed by atoms with E-state index in [1.54, 1.807) is 6.07 Å². The van der Waals surface area contributed by atoms with Gasteiger partial charge in [-0.2, -0.15) is 0 Å². The van der Waals surface area contributed by atoms with Crippen molar-refractivity contribution in [1.29, 1.82) is 0 Å². The van der Waals surface area contributed by atoms with Crippen molar-refractivity contribution in [3.8, 4) is 0 Å². The molecule has 0 fully saturated rings. The van der Waals surface area contributed by atoms with Crippen LogP contribution in [-0.4, -0.2) is 33.2 Å². The maximum Gasteiger partial charge on any atom is 0.261 e. The number of ether oxygens (including phenoxy) is 1. The van der Waals surface area contributed by atoms with E-state index in [9.17, 15) is 9.18 Å². The summed E-state index contributed by atoms with van der Waals surface area (Å²) in [6, 6.07) is 4.86. The Balaban J connectivity index is 2.39. The van der Waals surface area contributed by atoms with Crippen molar-refractivity contribution in [2.24, 2.45) is 0 Å². The van der Waals surface area contributed by atoms with Crippen LogP contribution in [-0.2, 0) is 11.3 Å². The zero-order valence-corrected chi connectivity index (χ0v) is 12.3. The van der Waals surface area contributed by atoms with Crippen LogP contribution in [0.2, 0.25) is 0 Å². The molecule has 6 heteroatoms. The molecule has 0 unspecified atom stereocenters. The molecular formula is C14H17FN2O2S. The summed E-state index contributed by atoms with van der Waals surface area (Å²) >= 11 is 1.29. The Bertz CT molecular complexity index is 612. The van der Waals surface area contributed by atoms with Gasteiger partial charge in [0, 0.05) is 35.8 Å². The Morgan fingerprint density at radius 2 is 2.20 bits per heavy atom. The second-order valence-corrected chi connectivity index (χ2v) is 5.37. The quantitative estimate of drug-likeness (QED) is 0.803. The number of amides is 1. The number of fused-ring (bicyclic) bond motifs is 1. The Morgan fingerprint density at radius 3 is 2.90 bits per heavy atom. The monoisotopic (exact) mass is 296 g/mol. The third-order valence-corrected chi connectivity index (χ3v) is 4.11. The largest absolute Gasteiger partial charge is 0.380 e. The molecular weight excluding hydrogens is 279 g/mol. The second kappa shape index (κ2) is 6.78. The molecule has 0 aliphatic heterocycles. The summed E-state index contributed by atoms with van der Waals surface area (Å²) in [5.74, 6) is -0.507. The van der Waals surface area contributed by atoms with Crippen molar-refractivity contribution in [2.45, 2.75) is 6.61 Å². The minimum atomic E-state index is -0.319. The number of methoxy groups -OCH3 is 1. The number of benzene rings is 1. The van der Waals surface area contributed by atoms with E-state index < -0.39 is 0 Å². The molecule has 1 amide bonds. The topological polar surface area (TPSA) is 50.4 Å². The smallest absolute Gasteiger partial charge is 0.261 e. The van der Waals surface area contributed by atoms with Gasteiger partial charge in [-0.1, -0.05) is 6.07 Å². The van der Waals surface area contributed by atoms with Crippen LogP contribution >= 0.6 is 11.3 Å². The van der Waals surface area contributed by atoms with Gasteiger partial charge in [0.15, 0.2) is 0 Å². The summed E-state index contributed by atoms with van der Waals surface area (Å²) in [4.78, 5) is 12.7. The molecule has 1 heterocycles. The van der Waals surface area contributed by atoms with E-state index >= 15 is 0 Å². The molecule has 0 spiro atoms. The van der Waals surface area contributed by atoms with E-state index in [4.69, 9.17) is 4.74 Å². The number of likely N-dealkylation sites (N-methyl/N-ethyl adjacent to an activating group) is 1. The SMILES string of the molecule is CNCCNC(=O)c1sc2cccc(F)c2c1COC. The third kappa shape index (κ3) is 2.98. The second-order valence-electron chi connectivity index (χ2n) is 4.32. The molecule has 0 aliphatic rings. The van der Waals surface area contributed by atoms with Crippen LogP contribution in [0.5, 0.6) is 0 Å². The lowest BCUT2D eigenvalue weighted by atomic mass is 10.1. The first-order valence-electron chi connectivity index (χ1n) is 6.30. The minimum Gasteiger partial charge on any atom is -0.380 e. The maximum absolute atomic E-state index is 14.0. The third-order valence-electron chi connectivity index (χ3n) is 2.92. The lowest BCUT2D eigenvalue weighted by molar-refractivity contribution is 0.0954. The number of halogens is 1. The molecule has 0 aliphatic carbocycles. The first-order valence-corrected chi connectivity index (χ1v) is 7.12. The van der Waals surface area contributed by atoms with Crippen molar-refractivity contribution in [3.05, 3.63) is 34.5 Å². The average Bonchev–Trinajstić information content (AvgIpc) is 2.80. The van der Waals surface area contributed by atoms with Crippen LogP contribution in [0.3, 0.4) is 0 Å². The van der Waals surface area contributed by atoms with Crippen molar-refractivity contribution >= 4 is 27.3 Å². The van der Waals surface area contributed by atoms with Crippen LogP contribution in [0.4, 0.5) is 4.39 Å². The van der Waals surface area contributed by atoms with Gasteiger partial charge in [0.25, 0.3) is 5.91 Å².